The Hall–Kier alpha value is -0.880. The van der Waals surface area contributed by atoms with Gasteiger partial charge in [-0.25, -0.2) is 12.7 Å². The Kier molecular flexibility index (Phi) is 4.36. The first-order chi connectivity index (χ1) is 10.1. The molecular weight excluding hydrogens is 288 g/mol. The molecule has 1 aromatic heterocycles. The van der Waals surface area contributed by atoms with E-state index in [9.17, 15) is 8.42 Å². The number of hydrogen-bond acceptors (Lipinski definition) is 4. The summed E-state index contributed by atoms with van der Waals surface area (Å²) in [7, 11) is -3.05. The van der Waals surface area contributed by atoms with E-state index in [4.69, 9.17) is 4.52 Å². The molecule has 1 aliphatic heterocycles. The average Bonchev–Trinajstić information content (AvgIpc) is 2.76. The highest BCUT2D eigenvalue weighted by Gasteiger charge is 2.31. The van der Waals surface area contributed by atoms with E-state index in [2.05, 4.69) is 5.16 Å². The molecule has 0 aromatic carbocycles. The van der Waals surface area contributed by atoms with Gasteiger partial charge in [0, 0.05) is 24.6 Å². The van der Waals surface area contributed by atoms with E-state index in [-0.39, 0.29) is 5.75 Å². The SMILES string of the molecule is CCS(=O)(=O)N1CCC(c2onc3c2CCCCC3)CC1. The molecule has 0 N–H and O–H groups in total. The molecule has 0 atom stereocenters. The maximum atomic E-state index is 11.9. The van der Waals surface area contributed by atoms with Gasteiger partial charge in [0.1, 0.15) is 5.76 Å². The van der Waals surface area contributed by atoms with E-state index in [1.54, 1.807) is 11.2 Å². The van der Waals surface area contributed by atoms with Crippen molar-refractivity contribution in [3.63, 3.8) is 0 Å². The van der Waals surface area contributed by atoms with Crippen molar-refractivity contribution in [2.75, 3.05) is 18.8 Å². The number of fused-ring (bicyclic) bond motifs is 1. The molecular formula is C15H24N2O3S. The lowest BCUT2D eigenvalue weighted by Crippen LogP contribution is -2.38. The van der Waals surface area contributed by atoms with Gasteiger partial charge in [0.25, 0.3) is 0 Å². The van der Waals surface area contributed by atoms with Crippen LogP contribution in [0.3, 0.4) is 0 Å². The Morgan fingerprint density at radius 1 is 1.19 bits per heavy atom. The van der Waals surface area contributed by atoms with Crippen molar-refractivity contribution in [3.8, 4) is 0 Å². The lowest BCUT2D eigenvalue weighted by atomic mass is 9.91. The summed E-state index contributed by atoms with van der Waals surface area (Å²) in [4.78, 5) is 0. The smallest absolute Gasteiger partial charge is 0.213 e. The Labute approximate surface area is 126 Å². The van der Waals surface area contributed by atoms with Crippen LogP contribution in [0.1, 0.15) is 62.0 Å². The van der Waals surface area contributed by atoms with Gasteiger partial charge in [-0.1, -0.05) is 11.6 Å². The van der Waals surface area contributed by atoms with Crippen molar-refractivity contribution in [1.82, 2.24) is 9.46 Å². The average molecular weight is 312 g/mol. The van der Waals surface area contributed by atoms with E-state index >= 15 is 0 Å². The van der Waals surface area contributed by atoms with Crippen molar-refractivity contribution in [3.05, 3.63) is 17.0 Å². The molecule has 0 bridgehead atoms. The van der Waals surface area contributed by atoms with Crippen LogP contribution in [-0.4, -0.2) is 36.7 Å². The first-order valence-corrected chi connectivity index (χ1v) is 9.68. The molecule has 0 saturated carbocycles. The second kappa shape index (κ2) is 6.08. The second-order valence-electron chi connectivity index (χ2n) is 6.11. The molecule has 2 heterocycles. The summed E-state index contributed by atoms with van der Waals surface area (Å²) < 4.78 is 31.1. The van der Waals surface area contributed by atoms with Crippen LogP contribution in [0.25, 0.3) is 0 Å². The molecule has 1 saturated heterocycles. The predicted molar refractivity (Wildman–Crippen MR) is 80.8 cm³/mol. The van der Waals surface area contributed by atoms with Crippen LogP contribution in [0.15, 0.2) is 4.52 Å². The highest BCUT2D eigenvalue weighted by atomic mass is 32.2. The Bertz CT molecular complexity index is 586. The van der Waals surface area contributed by atoms with Crippen LogP contribution in [-0.2, 0) is 22.9 Å². The summed E-state index contributed by atoms with van der Waals surface area (Å²) in [5, 5.41) is 4.27. The van der Waals surface area contributed by atoms with Gasteiger partial charge in [-0.2, -0.15) is 0 Å². The van der Waals surface area contributed by atoms with Crippen molar-refractivity contribution in [2.45, 2.75) is 57.8 Å². The zero-order chi connectivity index (χ0) is 14.9. The number of nitrogens with zero attached hydrogens (tertiary/aromatic N) is 2. The summed E-state index contributed by atoms with van der Waals surface area (Å²) in [5.41, 5.74) is 2.47. The monoisotopic (exact) mass is 312 g/mol. The maximum Gasteiger partial charge on any atom is 0.213 e. The summed E-state index contributed by atoms with van der Waals surface area (Å²) in [6, 6.07) is 0. The minimum absolute atomic E-state index is 0.190. The Morgan fingerprint density at radius 2 is 1.90 bits per heavy atom. The minimum atomic E-state index is -3.05. The third-order valence-corrected chi connectivity index (χ3v) is 6.70. The van der Waals surface area contributed by atoms with Gasteiger partial charge in [-0.15, -0.1) is 0 Å². The quantitative estimate of drug-likeness (QED) is 0.804. The molecule has 0 spiro atoms. The first-order valence-electron chi connectivity index (χ1n) is 8.07. The Balaban J connectivity index is 1.72. The first kappa shape index (κ1) is 15.0. The molecule has 1 aliphatic carbocycles. The second-order valence-corrected chi connectivity index (χ2v) is 8.36. The van der Waals surface area contributed by atoms with E-state index in [0.717, 1.165) is 37.1 Å². The molecule has 0 radical (unpaired) electrons. The number of rotatable bonds is 3. The van der Waals surface area contributed by atoms with Gasteiger partial charge in [0.15, 0.2) is 0 Å². The van der Waals surface area contributed by atoms with E-state index in [1.807, 2.05) is 0 Å². The minimum Gasteiger partial charge on any atom is -0.361 e. The van der Waals surface area contributed by atoms with Gasteiger partial charge < -0.3 is 4.52 Å². The van der Waals surface area contributed by atoms with Gasteiger partial charge >= 0.3 is 0 Å². The normalized spacial score (nSPS) is 22.0. The van der Waals surface area contributed by atoms with Crippen LogP contribution >= 0.6 is 0 Å². The molecule has 0 unspecified atom stereocenters. The van der Waals surface area contributed by atoms with Crippen LogP contribution < -0.4 is 0 Å². The largest absolute Gasteiger partial charge is 0.361 e. The molecule has 1 aromatic rings. The molecule has 2 aliphatic rings. The molecule has 1 fully saturated rings. The molecule has 21 heavy (non-hydrogen) atoms. The van der Waals surface area contributed by atoms with Gasteiger partial charge in [-0.05, 0) is 45.4 Å². The molecule has 6 heteroatoms. The third kappa shape index (κ3) is 3.01. The number of hydrogen-bond donors (Lipinski definition) is 0. The molecule has 118 valence electrons. The molecule has 3 rings (SSSR count). The van der Waals surface area contributed by atoms with E-state index in [0.29, 0.717) is 19.0 Å². The summed E-state index contributed by atoms with van der Waals surface area (Å²) >= 11 is 0. The van der Waals surface area contributed by atoms with Crippen LogP contribution in [0.4, 0.5) is 0 Å². The van der Waals surface area contributed by atoms with Crippen LogP contribution in [0.5, 0.6) is 0 Å². The third-order valence-electron chi connectivity index (χ3n) is 4.82. The summed E-state index contributed by atoms with van der Waals surface area (Å²) in [5.74, 6) is 1.57. The van der Waals surface area contributed by atoms with Crippen molar-refractivity contribution in [1.29, 1.82) is 0 Å². The number of piperidine rings is 1. The zero-order valence-corrected chi connectivity index (χ0v) is 13.5. The van der Waals surface area contributed by atoms with Crippen molar-refractivity contribution in [2.24, 2.45) is 0 Å². The maximum absolute atomic E-state index is 11.9. The predicted octanol–water partition coefficient (Wildman–Crippen LogP) is 2.47. The topological polar surface area (TPSA) is 63.4 Å². The Morgan fingerprint density at radius 3 is 2.62 bits per heavy atom. The van der Waals surface area contributed by atoms with Crippen LogP contribution in [0, 0.1) is 0 Å². The fraction of sp³-hybridized carbons (Fsp3) is 0.800. The molecule has 0 amide bonds. The summed E-state index contributed by atoms with van der Waals surface area (Å²) in [6.07, 6.45) is 7.48. The fourth-order valence-electron chi connectivity index (χ4n) is 3.49. The summed E-state index contributed by atoms with van der Waals surface area (Å²) in [6.45, 7) is 2.92. The zero-order valence-electron chi connectivity index (χ0n) is 12.7. The van der Waals surface area contributed by atoms with Crippen molar-refractivity contribution < 1.29 is 12.9 Å². The molecule has 5 nitrogen and oxygen atoms in total. The number of sulfonamides is 1. The van der Waals surface area contributed by atoms with Gasteiger partial charge in [0.2, 0.25) is 10.0 Å². The van der Waals surface area contributed by atoms with Crippen molar-refractivity contribution >= 4 is 10.0 Å². The number of aromatic nitrogens is 1. The fourth-order valence-corrected chi connectivity index (χ4v) is 4.62. The van der Waals surface area contributed by atoms with Crippen LogP contribution in [0.2, 0.25) is 0 Å². The lowest BCUT2D eigenvalue weighted by Gasteiger charge is -2.30. The highest BCUT2D eigenvalue weighted by Crippen LogP contribution is 2.34. The van der Waals surface area contributed by atoms with E-state index in [1.165, 1.54) is 24.8 Å². The van der Waals surface area contributed by atoms with E-state index < -0.39 is 10.0 Å². The van der Waals surface area contributed by atoms with Gasteiger partial charge in [0.05, 0.1) is 11.4 Å². The highest BCUT2D eigenvalue weighted by molar-refractivity contribution is 7.89. The number of aryl methyl sites for hydroxylation is 1. The lowest BCUT2D eigenvalue weighted by molar-refractivity contribution is 0.273. The standard InChI is InChI=1S/C15H24N2O3S/c1-2-21(18,19)17-10-8-12(9-11-17)15-13-6-4-3-5-7-14(13)16-20-15/h12H,2-11H2,1H3. The van der Waals surface area contributed by atoms with Gasteiger partial charge in [-0.3, -0.25) is 0 Å².